The summed E-state index contributed by atoms with van der Waals surface area (Å²) in [6, 6.07) is -0.00926. The number of aryl methyl sites for hydroxylation is 1. The lowest BCUT2D eigenvalue weighted by atomic mass is 10.00. The quantitative estimate of drug-likeness (QED) is 0.0414. The molecule has 2 unspecified atom stereocenters. The first-order chi connectivity index (χ1) is 51.8. The number of ether oxygens (including phenoxy) is 3. The summed E-state index contributed by atoms with van der Waals surface area (Å²) in [5, 5.41) is 40.6. The fraction of sp³-hybridized carbons (Fsp3) is 0.961. The van der Waals surface area contributed by atoms with Crippen LogP contribution in [0.15, 0.2) is 18.7 Å². The van der Waals surface area contributed by atoms with Crippen LogP contribution in [0.5, 0.6) is 0 Å². The van der Waals surface area contributed by atoms with Gasteiger partial charge in [0.2, 0.25) is 0 Å². The highest BCUT2D eigenvalue weighted by Crippen LogP contribution is 2.26. The van der Waals surface area contributed by atoms with E-state index in [1.165, 1.54) is 109 Å². The minimum atomic E-state index is -0.00926. The van der Waals surface area contributed by atoms with Crippen LogP contribution in [0.1, 0.15) is 195 Å². The lowest BCUT2D eigenvalue weighted by Crippen LogP contribution is -2.39. The second-order valence-electron chi connectivity index (χ2n) is 26.5. The highest BCUT2D eigenvalue weighted by atomic mass is 16.5. The molecule has 30 nitrogen and oxygen atoms in total. The molecule has 107 heavy (non-hydrogen) atoms. The van der Waals surface area contributed by atoms with E-state index in [9.17, 15) is 0 Å². The van der Waals surface area contributed by atoms with Crippen molar-refractivity contribution in [1.29, 1.82) is 0 Å². The van der Waals surface area contributed by atoms with Gasteiger partial charge in [-0.25, -0.2) is 4.98 Å². The van der Waals surface area contributed by atoms with Crippen molar-refractivity contribution in [3.63, 3.8) is 0 Å². The molecule has 4 fully saturated rings. The fourth-order valence-corrected chi connectivity index (χ4v) is 8.23. The summed E-state index contributed by atoms with van der Waals surface area (Å²) in [6.45, 7) is 39.8. The lowest BCUT2D eigenvalue weighted by molar-refractivity contribution is 0.0377. The first-order valence-corrected chi connectivity index (χ1v) is 41.6. The van der Waals surface area contributed by atoms with Gasteiger partial charge in [-0.2, -0.15) is 0 Å². The molecule has 1 aromatic rings. The van der Waals surface area contributed by atoms with Gasteiger partial charge in [-0.1, -0.05) is 98.8 Å². The highest BCUT2D eigenvalue weighted by Gasteiger charge is 2.18. The smallest absolute Gasteiger partial charge is 0.0945 e. The standard InChI is InChI=1S/C8H19N.C7H16N2O.C7H16N2.C6H11N3.C6H14N2O.C6H15NO.C6H15N.C5H14N2.C4H12N2.C4H11NO2.2C4H11NO.C4H9N.C4H11N.C2H7NO/c1-3-5-6-8(4-2)7-9;8-2-1-3-9-4-6-10-7-5-9;8-4-7-9-5-2-1-3-6-9;7-2-1-4-9-5-3-8-6-9;7-1-2-8-3-5-9-6-4-8;7-5-3-1-2-4-6-8;1-2-3-4-5-6-7;1-7(2)5-3-4-6;1-6(2)4-3-5;5-1-3-7-4-2-6;1-2-4(5)3-6;5-3-1-2-4-6;5-3-4-1-2-4;1-2-3-4-5;3-1-2-4/h8H,3-7,9H2,1-2H3;1-8H2;1-8H2;3,5-6H,1-2,4,7H2;1-7H2;8H,1-7H2;2-7H2,1H3;3-6H2,1-2H3;3-5H2,1-2H3;6H,1-5H2;4,6H,2-3,5H2,1H3;6H,1-5H2;4H,1-3,5H2;2-5H2,1H3;4H,1-3H2. The number of likely N-dealkylation sites (tertiary alicyclic amines) is 1. The van der Waals surface area contributed by atoms with Crippen LogP contribution in [0.2, 0.25) is 0 Å². The van der Waals surface area contributed by atoms with E-state index in [0.717, 1.165) is 240 Å². The van der Waals surface area contributed by atoms with Crippen molar-refractivity contribution >= 4 is 0 Å². The van der Waals surface area contributed by atoms with Crippen molar-refractivity contribution in [3.05, 3.63) is 18.7 Å². The number of aromatic nitrogens is 2. The monoisotopic (exact) mass is 1550 g/mol. The van der Waals surface area contributed by atoms with Crippen molar-refractivity contribution in [2.75, 3.05) is 264 Å². The Bertz CT molecular complexity index is 1410. The minimum absolute atomic E-state index is 0.00926. The summed E-state index contributed by atoms with van der Waals surface area (Å²) in [6.07, 6.45) is 35.4. The molecule has 3 aliphatic heterocycles. The number of aliphatic hydroxyl groups is 5. The van der Waals surface area contributed by atoms with Crippen molar-refractivity contribution in [1.82, 2.24) is 34.1 Å². The first-order valence-electron chi connectivity index (χ1n) is 41.6. The molecule has 4 aliphatic rings. The third-order valence-electron chi connectivity index (χ3n) is 15.4. The van der Waals surface area contributed by atoms with Crippen molar-refractivity contribution < 1.29 is 39.7 Å². The molecular formula is C77H192N22O8. The normalized spacial score (nSPS) is 14.0. The number of hydrogen-bond donors (Lipinski definition) is 20. The Morgan fingerprint density at radius 3 is 1.16 bits per heavy atom. The molecule has 30 heteroatoms. The van der Waals surface area contributed by atoms with Crippen LogP contribution in [0.25, 0.3) is 0 Å². The number of unbranched alkanes of at least 4 members (excludes halogenated alkanes) is 9. The number of piperidine rings is 1. The summed E-state index contributed by atoms with van der Waals surface area (Å²) in [5.74, 6) is 1.69. The Balaban J connectivity index is -0.000000118. The van der Waals surface area contributed by atoms with E-state index in [2.05, 4.69) is 71.3 Å². The van der Waals surface area contributed by atoms with Gasteiger partial charge >= 0.3 is 0 Å². The number of imidazole rings is 1. The minimum Gasteiger partial charge on any atom is -0.396 e. The van der Waals surface area contributed by atoms with Crippen molar-refractivity contribution in [3.8, 4) is 0 Å². The number of aliphatic hydroxyl groups excluding tert-OH is 5. The van der Waals surface area contributed by atoms with Crippen LogP contribution in [0.4, 0.5) is 0 Å². The number of likely N-dealkylation sites (N-methyl/N-ethyl adjacent to an activating group) is 1. The number of morpholine rings is 2. The summed E-state index contributed by atoms with van der Waals surface area (Å²) in [4.78, 5) is 15.3. The SMILES string of the molecule is CCC(N)CO.CCCCC(CC)CN.CCCCCCN.CCCCN.CN(C)CCCN.CN(C)CCN.NCC1CC1.NCCCCCCO.NCCCCO.NCCCN1CCOCC1.NCCCn1ccnc1.NCCN1CCCCC1.NCCN1CCOCC1.NCCO.NCCOCCO. The molecule has 1 aliphatic carbocycles. The molecule has 0 amide bonds. The van der Waals surface area contributed by atoms with Gasteiger partial charge < -0.3 is 145 Å². The van der Waals surface area contributed by atoms with Crippen LogP contribution < -0.4 is 86.0 Å². The summed E-state index contributed by atoms with van der Waals surface area (Å²) in [7, 11) is 8.12. The molecule has 35 N–H and O–H groups in total. The van der Waals surface area contributed by atoms with E-state index in [4.69, 9.17) is 126 Å². The van der Waals surface area contributed by atoms with Gasteiger partial charge in [0.1, 0.15) is 0 Å². The molecule has 1 aromatic heterocycles. The predicted octanol–water partition coefficient (Wildman–Crippen LogP) is 1.62. The molecule has 0 aromatic carbocycles. The van der Waals surface area contributed by atoms with Gasteiger partial charge in [0, 0.05) is 117 Å². The molecule has 658 valence electrons. The van der Waals surface area contributed by atoms with Crippen molar-refractivity contribution in [2.45, 2.75) is 208 Å². The van der Waals surface area contributed by atoms with Crippen LogP contribution >= 0.6 is 0 Å². The zero-order chi connectivity index (χ0) is 83.0. The molecule has 2 atom stereocenters. The Hall–Kier alpha value is -1.91. The Labute approximate surface area is 659 Å². The van der Waals surface area contributed by atoms with Crippen LogP contribution in [-0.4, -0.2) is 330 Å². The van der Waals surface area contributed by atoms with E-state index in [-0.39, 0.29) is 32.5 Å². The largest absolute Gasteiger partial charge is 0.396 e. The Morgan fingerprint density at radius 2 is 0.869 bits per heavy atom. The second kappa shape index (κ2) is 125. The topological polar surface area (TPSA) is 553 Å². The molecule has 1 saturated carbocycles. The fourth-order valence-electron chi connectivity index (χ4n) is 8.23. The molecule has 0 bridgehead atoms. The molecule has 0 radical (unpaired) electrons. The zero-order valence-corrected chi connectivity index (χ0v) is 71.6. The third-order valence-corrected chi connectivity index (χ3v) is 15.4. The maximum absolute atomic E-state index is 8.33. The molecule has 5 rings (SSSR count). The van der Waals surface area contributed by atoms with Gasteiger partial charge in [-0.05, 0) is 221 Å². The average molecular weight is 1550 g/mol. The molecule has 3 saturated heterocycles. The average Bonchev–Trinajstić information content (AvgIpc) is 1.86. The summed E-state index contributed by atoms with van der Waals surface area (Å²) >= 11 is 0. The van der Waals surface area contributed by atoms with Crippen LogP contribution in [0.3, 0.4) is 0 Å². The van der Waals surface area contributed by atoms with Gasteiger partial charge in [0.05, 0.1) is 65.8 Å². The molecule has 4 heterocycles. The van der Waals surface area contributed by atoms with Gasteiger partial charge in [-0.3, -0.25) is 9.80 Å². The summed E-state index contributed by atoms with van der Waals surface area (Å²) in [5.41, 5.74) is 78.5. The lowest BCUT2D eigenvalue weighted by Gasteiger charge is -2.26. The maximum Gasteiger partial charge on any atom is 0.0945 e. The van der Waals surface area contributed by atoms with Gasteiger partial charge in [0.25, 0.3) is 0 Å². The predicted molar refractivity (Wildman–Crippen MR) is 462 cm³/mol. The van der Waals surface area contributed by atoms with Crippen molar-refractivity contribution in [2.24, 2.45) is 97.8 Å². The first kappa shape index (κ1) is 126. The van der Waals surface area contributed by atoms with Crippen LogP contribution in [-0.2, 0) is 20.8 Å². The van der Waals surface area contributed by atoms with Gasteiger partial charge in [-0.15, -0.1) is 0 Å². The van der Waals surface area contributed by atoms with E-state index in [1.54, 1.807) is 12.5 Å². The number of hydrogen-bond acceptors (Lipinski definition) is 29. The number of nitrogens with zero attached hydrogens (tertiary/aromatic N) is 7. The van der Waals surface area contributed by atoms with E-state index in [1.807, 2.05) is 31.8 Å². The van der Waals surface area contributed by atoms with E-state index >= 15 is 0 Å². The Morgan fingerprint density at radius 1 is 0.430 bits per heavy atom. The Kier molecular flexibility index (Phi) is 147. The summed E-state index contributed by atoms with van der Waals surface area (Å²) < 4.78 is 17.1. The molecule has 0 spiro atoms. The highest BCUT2D eigenvalue weighted by molar-refractivity contribution is 4.74. The van der Waals surface area contributed by atoms with E-state index in [0.29, 0.717) is 39.5 Å². The number of nitrogens with two attached hydrogens (primary N) is 15. The molecular weight excluding hydrogens is 1360 g/mol. The second-order valence-corrected chi connectivity index (χ2v) is 26.5. The zero-order valence-electron chi connectivity index (χ0n) is 71.6. The number of rotatable bonds is 42. The van der Waals surface area contributed by atoms with E-state index < -0.39 is 0 Å². The maximum atomic E-state index is 8.33. The van der Waals surface area contributed by atoms with Gasteiger partial charge in [0.15, 0.2) is 0 Å². The van der Waals surface area contributed by atoms with Crippen LogP contribution in [0, 0.1) is 11.8 Å². The third kappa shape index (κ3) is 146.